The second-order valence-corrected chi connectivity index (χ2v) is 8.46. The minimum Gasteiger partial charge on any atom is -0.467 e. The Morgan fingerprint density at radius 3 is 2.84 bits per heavy atom. The molecule has 1 saturated carbocycles. The van der Waals surface area contributed by atoms with Gasteiger partial charge in [0, 0.05) is 38.7 Å². The fourth-order valence-electron chi connectivity index (χ4n) is 3.86. The van der Waals surface area contributed by atoms with Crippen molar-refractivity contribution in [2.24, 2.45) is 4.99 Å². The molecule has 0 atom stereocenters. The van der Waals surface area contributed by atoms with E-state index < -0.39 is 0 Å². The fraction of sp³-hybridized carbons (Fsp3) is 0.682. The summed E-state index contributed by atoms with van der Waals surface area (Å²) in [7, 11) is 0. The Bertz CT molecular complexity index is 777. The van der Waals surface area contributed by atoms with E-state index in [1.54, 1.807) is 18.0 Å². The highest BCUT2D eigenvalue weighted by Crippen LogP contribution is 2.33. The van der Waals surface area contributed by atoms with Crippen LogP contribution in [0.2, 0.25) is 0 Å². The fourth-order valence-corrected chi connectivity index (χ4v) is 4.44. The molecule has 0 spiro atoms. The maximum atomic E-state index is 5.62. The van der Waals surface area contributed by atoms with Crippen molar-refractivity contribution in [2.45, 2.75) is 69.7 Å². The highest BCUT2D eigenvalue weighted by molar-refractivity contribution is 14.0. The number of halogens is 1. The summed E-state index contributed by atoms with van der Waals surface area (Å²) in [5.41, 5.74) is 0. The number of hydrogen-bond donors (Lipinski definition) is 2. The van der Waals surface area contributed by atoms with E-state index in [1.165, 1.54) is 25.7 Å². The van der Waals surface area contributed by atoms with Crippen molar-refractivity contribution in [3.05, 3.63) is 30.0 Å². The third-order valence-corrected chi connectivity index (χ3v) is 6.01. The molecule has 3 rings (SSSR count). The number of ether oxygens (including phenoxy) is 1. The average molecular weight is 577 g/mol. The number of nitrogens with zero attached hydrogens (tertiary/aromatic N) is 4. The summed E-state index contributed by atoms with van der Waals surface area (Å²) < 4.78 is 13.3. The molecule has 2 aromatic heterocycles. The molecule has 0 aliphatic heterocycles. The second-order valence-electron chi connectivity index (χ2n) is 7.69. The van der Waals surface area contributed by atoms with Crippen LogP contribution in [-0.2, 0) is 17.8 Å². The van der Waals surface area contributed by atoms with E-state index in [0.29, 0.717) is 19.3 Å². The number of aliphatic imine (C=N–C) groups is 1. The molecular weight excluding hydrogens is 539 g/mol. The minimum atomic E-state index is 0. The van der Waals surface area contributed by atoms with Crippen molar-refractivity contribution < 1.29 is 9.15 Å². The molecule has 2 aromatic rings. The van der Waals surface area contributed by atoms with Gasteiger partial charge in [0.2, 0.25) is 0 Å². The van der Waals surface area contributed by atoms with E-state index in [2.05, 4.69) is 38.6 Å². The van der Waals surface area contributed by atoms with Crippen LogP contribution in [-0.4, -0.2) is 53.2 Å². The number of hydrogen-bond acceptors (Lipinski definition) is 6. The molecule has 1 aliphatic rings. The quantitative estimate of drug-likeness (QED) is 0.120. The molecule has 2 N–H and O–H groups in total. The summed E-state index contributed by atoms with van der Waals surface area (Å²) in [6.45, 7) is 5.70. The highest BCUT2D eigenvalue weighted by atomic mass is 127. The largest absolute Gasteiger partial charge is 0.467 e. The molecule has 0 aromatic carbocycles. The number of furan rings is 1. The van der Waals surface area contributed by atoms with E-state index in [-0.39, 0.29) is 24.0 Å². The van der Waals surface area contributed by atoms with Crippen LogP contribution in [0.3, 0.4) is 0 Å². The maximum Gasteiger partial charge on any atom is 0.191 e. The maximum absolute atomic E-state index is 5.62. The number of nitrogens with one attached hydrogen (secondary N) is 2. The van der Waals surface area contributed by atoms with Gasteiger partial charge in [-0.2, -0.15) is 0 Å². The monoisotopic (exact) mass is 576 g/mol. The molecule has 0 unspecified atom stereocenters. The Balaban J connectivity index is 0.00000363. The summed E-state index contributed by atoms with van der Waals surface area (Å²) in [6, 6.07) is 4.37. The van der Waals surface area contributed by atoms with Crippen LogP contribution in [0, 0.1) is 0 Å². The summed E-state index contributed by atoms with van der Waals surface area (Å²) in [5, 5.41) is 16.6. The normalized spacial score (nSPS) is 14.5. The number of aryl methyl sites for hydroxylation is 1. The lowest BCUT2D eigenvalue weighted by atomic mass is 10.2. The molecule has 8 nitrogen and oxygen atoms in total. The van der Waals surface area contributed by atoms with Gasteiger partial charge in [0.25, 0.3) is 0 Å². The van der Waals surface area contributed by atoms with Crippen LogP contribution in [0.15, 0.2) is 33.0 Å². The van der Waals surface area contributed by atoms with Crippen molar-refractivity contribution in [1.82, 2.24) is 25.4 Å². The van der Waals surface area contributed by atoms with Gasteiger partial charge < -0.3 is 24.4 Å². The molecule has 0 saturated heterocycles. The lowest BCUT2D eigenvalue weighted by Gasteiger charge is -2.16. The van der Waals surface area contributed by atoms with E-state index in [4.69, 9.17) is 14.1 Å². The Morgan fingerprint density at radius 2 is 2.12 bits per heavy atom. The van der Waals surface area contributed by atoms with Crippen LogP contribution in [0.25, 0.3) is 0 Å². The molecular formula is C22H37IN6O2S. The van der Waals surface area contributed by atoms with E-state index >= 15 is 0 Å². The first-order chi connectivity index (χ1) is 15.3. The predicted octanol–water partition coefficient (Wildman–Crippen LogP) is 4.42. The van der Waals surface area contributed by atoms with Gasteiger partial charge in [0.05, 0.1) is 6.26 Å². The standard InChI is InChI=1S/C22H36N6O2S.HI/c1-3-23-21(25-14-8-15-29-17-19-11-7-16-30-19)24-13-6-12-20-26-27-22(31-2)28(20)18-9-4-5-10-18;/h7,11,16,18H,3-6,8-10,12-15,17H2,1-2H3,(H2,23,24,25);1H. The zero-order valence-corrected chi connectivity index (χ0v) is 22.4. The zero-order valence-electron chi connectivity index (χ0n) is 19.2. The molecule has 0 amide bonds. The smallest absolute Gasteiger partial charge is 0.191 e. The Hall–Kier alpha value is -1.27. The minimum absolute atomic E-state index is 0. The number of rotatable bonds is 13. The zero-order chi connectivity index (χ0) is 21.7. The highest BCUT2D eigenvalue weighted by Gasteiger charge is 2.23. The SMILES string of the molecule is CCNC(=NCCCc1nnc(SC)n1C1CCCC1)NCCCOCc1ccco1.I. The number of thioether (sulfide) groups is 1. The van der Waals surface area contributed by atoms with Gasteiger partial charge in [-0.25, -0.2) is 0 Å². The summed E-state index contributed by atoms with van der Waals surface area (Å²) in [6.07, 6.45) is 11.6. The van der Waals surface area contributed by atoms with Crippen LogP contribution in [0.1, 0.15) is 63.1 Å². The first-order valence-corrected chi connectivity index (χ1v) is 12.6. The summed E-state index contributed by atoms with van der Waals surface area (Å²) in [5.74, 6) is 2.82. The third-order valence-electron chi connectivity index (χ3n) is 5.36. The Kier molecular flexibility index (Phi) is 13.1. The number of guanidine groups is 1. The Morgan fingerprint density at radius 1 is 1.28 bits per heavy atom. The molecule has 2 heterocycles. The van der Waals surface area contributed by atoms with Crippen molar-refractivity contribution in [1.29, 1.82) is 0 Å². The summed E-state index contributed by atoms with van der Waals surface area (Å²) >= 11 is 1.69. The van der Waals surface area contributed by atoms with Crippen LogP contribution >= 0.6 is 35.7 Å². The molecule has 180 valence electrons. The molecule has 1 aliphatic carbocycles. The van der Waals surface area contributed by atoms with E-state index in [0.717, 1.165) is 61.6 Å². The van der Waals surface area contributed by atoms with Gasteiger partial charge in [-0.3, -0.25) is 4.99 Å². The molecule has 0 bridgehead atoms. The van der Waals surface area contributed by atoms with Gasteiger partial charge in [-0.1, -0.05) is 24.6 Å². The van der Waals surface area contributed by atoms with Crippen molar-refractivity contribution in [3.63, 3.8) is 0 Å². The van der Waals surface area contributed by atoms with Gasteiger partial charge in [0.1, 0.15) is 18.2 Å². The van der Waals surface area contributed by atoms with Crippen molar-refractivity contribution >= 4 is 41.7 Å². The first-order valence-electron chi connectivity index (χ1n) is 11.4. The average Bonchev–Trinajstić information content (AvgIpc) is 3.54. The van der Waals surface area contributed by atoms with Gasteiger partial charge in [0.15, 0.2) is 11.1 Å². The second kappa shape index (κ2) is 15.5. The summed E-state index contributed by atoms with van der Waals surface area (Å²) in [4.78, 5) is 4.72. The lowest BCUT2D eigenvalue weighted by Crippen LogP contribution is -2.38. The van der Waals surface area contributed by atoms with Crippen molar-refractivity contribution in [3.8, 4) is 0 Å². The molecule has 10 heteroatoms. The van der Waals surface area contributed by atoms with Crippen LogP contribution in [0.4, 0.5) is 0 Å². The van der Waals surface area contributed by atoms with Gasteiger partial charge in [-0.15, -0.1) is 34.2 Å². The number of aromatic nitrogens is 3. The van der Waals surface area contributed by atoms with Gasteiger partial charge in [-0.05, 0) is 51.0 Å². The van der Waals surface area contributed by atoms with Crippen LogP contribution < -0.4 is 10.6 Å². The predicted molar refractivity (Wildman–Crippen MR) is 140 cm³/mol. The van der Waals surface area contributed by atoms with Crippen LogP contribution in [0.5, 0.6) is 0 Å². The van der Waals surface area contributed by atoms with Crippen molar-refractivity contribution in [2.75, 3.05) is 32.5 Å². The lowest BCUT2D eigenvalue weighted by molar-refractivity contribution is 0.105. The topological polar surface area (TPSA) is 89.5 Å². The van der Waals surface area contributed by atoms with Gasteiger partial charge >= 0.3 is 0 Å². The molecule has 0 radical (unpaired) electrons. The van der Waals surface area contributed by atoms with E-state index in [1.807, 2.05) is 12.1 Å². The molecule has 32 heavy (non-hydrogen) atoms. The van der Waals surface area contributed by atoms with E-state index in [9.17, 15) is 0 Å². The Labute approximate surface area is 212 Å². The molecule has 1 fully saturated rings. The third kappa shape index (κ3) is 8.58. The first kappa shape index (κ1) is 27.0.